The first kappa shape index (κ1) is 19.1. The van der Waals surface area contributed by atoms with Crippen molar-refractivity contribution in [3.8, 4) is 0 Å². The van der Waals surface area contributed by atoms with Crippen LogP contribution in [0.15, 0.2) is 24.7 Å². The van der Waals surface area contributed by atoms with Crippen molar-refractivity contribution in [2.75, 3.05) is 18.5 Å². The van der Waals surface area contributed by atoms with Gasteiger partial charge in [-0.15, -0.1) is 0 Å². The molecule has 1 amide bonds. The highest BCUT2D eigenvalue weighted by Crippen LogP contribution is 2.32. The Hall–Kier alpha value is -2.88. The van der Waals surface area contributed by atoms with Crippen LogP contribution in [0.5, 0.6) is 0 Å². The Labute approximate surface area is 171 Å². The number of fused-ring (bicyclic) bond motifs is 1. The maximum Gasteiger partial charge on any atom is 0.284 e. The van der Waals surface area contributed by atoms with Crippen LogP contribution < -0.4 is 5.32 Å². The largest absolute Gasteiger partial charge is 0.380 e. The molecule has 158 valence electrons. The monoisotopic (exact) mass is 416 g/mol. The fourth-order valence-electron chi connectivity index (χ4n) is 4.06. The number of hydrogen-bond acceptors (Lipinski definition) is 5. The van der Waals surface area contributed by atoms with Crippen LogP contribution in [0.25, 0.3) is 5.65 Å². The summed E-state index contributed by atoms with van der Waals surface area (Å²) in [4.78, 5) is 17.4. The highest BCUT2D eigenvalue weighted by atomic mass is 19.3. The molecule has 4 heterocycles. The van der Waals surface area contributed by atoms with E-state index in [-0.39, 0.29) is 23.2 Å². The van der Waals surface area contributed by atoms with Gasteiger partial charge in [0.2, 0.25) is 0 Å². The van der Waals surface area contributed by atoms with Crippen LogP contribution in [-0.2, 0) is 4.74 Å². The van der Waals surface area contributed by atoms with Crippen LogP contribution in [0.4, 0.5) is 14.5 Å². The zero-order chi connectivity index (χ0) is 20.7. The normalized spacial score (nSPS) is 18.1. The molecule has 0 unspecified atom stereocenters. The second-order valence-corrected chi connectivity index (χ2v) is 7.87. The van der Waals surface area contributed by atoms with Crippen molar-refractivity contribution in [1.29, 1.82) is 0 Å². The summed E-state index contributed by atoms with van der Waals surface area (Å²) in [7, 11) is 0. The van der Waals surface area contributed by atoms with Crippen LogP contribution in [-0.4, -0.2) is 43.5 Å². The number of aromatic nitrogens is 5. The van der Waals surface area contributed by atoms with E-state index in [1.807, 2.05) is 6.07 Å². The molecule has 0 spiro atoms. The van der Waals surface area contributed by atoms with Gasteiger partial charge in [0, 0.05) is 18.3 Å². The number of nitrogens with one attached hydrogen (secondary N) is 1. The van der Waals surface area contributed by atoms with Gasteiger partial charge >= 0.3 is 0 Å². The summed E-state index contributed by atoms with van der Waals surface area (Å²) >= 11 is 0. The molecule has 0 atom stereocenters. The smallest absolute Gasteiger partial charge is 0.284 e. The van der Waals surface area contributed by atoms with E-state index in [9.17, 15) is 13.6 Å². The van der Waals surface area contributed by atoms with Crippen molar-refractivity contribution in [3.63, 3.8) is 0 Å². The molecule has 0 bridgehead atoms. The van der Waals surface area contributed by atoms with E-state index in [2.05, 4.69) is 20.5 Å². The number of halogens is 2. The second-order valence-electron chi connectivity index (χ2n) is 7.87. The van der Waals surface area contributed by atoms with Crippen LogP contribution in [0, 0.1) is 0 Å². The molecule has 10 heteroatoms. The fraction of sp³-hybridized carbons (Fsp3) is 0.500. The van der Waals surface area contributed by atoms with E-state index < -0.39 is 18.0 Å². The van der Waals surface area contributed by atoms with Gasteiger partial charge < -0.3 is 10.1 Å². The average molecular weight is 416 g/mol. The van der Waals surface area contributed by atoms with Gasteiger partial charge in [-0.05, 0) is 18.9 Å². The number of carbonyl (C=O) groups is 1. The van der Waals surface area contributed by atoms with E-state index in [1.165, 1.54) is 16.9 Å². The van der Waals surface area contributed by atoms with Gasteiger partial charge in [0.05, 0.1) is 36.8 Å². The first-order valence-corrected chi connectivity index (χ1v) is 10.2. The number of nitrogens with zero attached hydrogens (tertiary/aromatic N) is 5. The number of amides is 1. The molecule has 3 aromatic heterocycles. The predicted octanol–water partition coefficient (Wildman–Crippen LogP) is 3.73. The van der Waals surface area contributed by atoms with Gasteiger partial charge in [-0.2, -0.15) is 10.2 Å². The molecule has 1 saturated heterocycles. The van der Waals surface area contributed by atoms with Crippen molar-refractivity contribution in [2.45, 2.75) is 50.5 Å². The topological polar surface area (TPSA) is 86.3 Å². The Morgan fingerprint density at radius 1 is 1.23 bits per heavy atom. The van der Waals surface area contributed by atoms with Crippen molar-refractivity contribution in [1.82, 2.24) is 24.4 Å². The molecular weight excluding hydrogens is 394 g/mol. The average Bonchev–Trinajstić information content (AvgIpc) is 3.31. The minimum atomic E-state index is -2.78. The quantitative estimate of drug-likeness (QED) is 0.685. The van der Waals surface area contributed by atoms with E-state index in [0.717, 1.165) is 37.8 Å². The fourth-order valence-corrected chi connectivity index (χ4v) is 4.06. The molecule has 0 radical (unpaired) electrons. The van der Waals surface area contributed by atoms with Crippen LogP contribution in [0.2, 0.25) is 0 Å². The Balaban J connectivity index is 1.42. The molecule has 8 nitrogen and oxygen atoms in total. The van der Waals surface area contributed by atoms with Gasteiger partial charge in [-0.3, -0.25) is 9.48 Å². The van der Waals surface area contributed by atoms with E-state index in [0.29, 0.717) is 18.9 Å². The number of hydrogen-bond donors (Lipinski definition) is 1. The number of alkyl halides is 2. The summed E-state index contributed by atoms with van der Waals surface area (Å²) < 4.78 is 35.4. The van der Waals surface area contributed by atoms with Crippen molar-refractivity contribution in [2.24, 2.45) is 0 Å². The zero-order valence-electron chi connectivity index (χ0n) is 16.3. The molecule has 30 heavy (non-hydrogen) atoms. The van der Waals surface area contributed by atoms with E-state index in [1.54, 1.807) is 10.9 Å². The van der Waals surface area contributed by atoms with Crippen molar-refractivity contribution in [3.05, 3.63) is 41.6 Å². The molecule has 1 aliphatic carbocycles. The summed E-state index contributed by atoms with van der Waals surface area (Å²) in [6.07, 6.45) is 6.94. The summed E-state index contributed by atoms with van der Waals surface area (Å²) in [6.45, 7) is 1.19. The third-order valence-electron chi connectivity index (χ3n) is 5.86. The molecule has 3 aromatic rings. The number of rotatable bonds is 5. The molecule has 1 aliphatic heterocycles. The maximum absolute atomic E-state index is 13.6. The third kappa shape index (κ3) is 3.45. The number of anilines is 1. The van der Waals surface area contributed by atoms with Gasteiger partial charge in [0.25, 0.3) is 12.3 Å². The van der Waals surface area contributed by atoms with Gasteiger partial charge in [-0.25, -0.2) is 18.3 Å². The molecular formula is C20H22F2N6O2. The first-order chi connectivity index (χ1) is 14.6. The number of carbonyl (C=O) groups excluding carboxylic acids is 1. The Kier molecular flexibility index (Phi) is 4.93. The first-order valence-electron chi connectivity index (χ1n) is 10.2. The lowest BCUT2D eigenvalue weighted by Crippen LogP contribution is -2.26. The Morgan fingerprint density at radius 3 is 2.73 bits per heavy atom. The summed E-state index contributed by atoms with van der Waals surface area (Å²) in [5, 5.41) is 10.8. The highest BCUT2D eigenvalue weighted by molar-refractivity contribution is 6.08. The lowest BCUT2D eigenvalue weighted by Gasteiger charge is -2.25. The van der Waals surface area contributed by atoms with Crippen LogP contribution in [0.1, 0.15) is 72.2 Å². The minimum Gasteiger partial charge on any atom is -0.380 e. The summed E-state index contributed by atoms with van der Waals surface area (Å²) in [6, 6.07) is 1.94. The predicted molar refractivity (Wildman–Crippen MR) is 104 cm³/mol. The summed E-state index contributed by atoms with van der Waals surface area (Å²) in [5.74, 6) is -0.343. The zero-order valence-corrected chi connectivity index (χ0v) is 16.3. The van der Waals surface area contributed by atoms with E-state index >= 15 is 0 Å². The molecule has 2 fully saturated rings. The molecule has 1 saturated carbocycles. The minimum absolute atomic E-state index is 0.0310. The molecule has 0 aromatic carbocycles. The van der Waals surface area contributed by atoms with Crippen molar-refractivity contribution < 1.29 is 18.3 Å². The Bertz CT molecular complexity index is 1070. The lowest BCUT2D eigenvalue weighted by atomic mass is 9.96. The maximum atomic E-state index is 13.6. The number of ether oxygens (including phenoxy) is 1. The second kappa shape index (κ2) is 7.75. The Morgan fingerprint density at radius 2 is 2.03 bits per heavy atom. The van der Waals surface area contributed by atoms with Gasteiger partial charge in [-0.1, -0.05) is 19.3 Å². The summed E-state index contributed by atoms with van der Waals surface area (Å²) in [5.41, 5.74) is 1.05. The van der Waals surface area contributed by atoms with E-state index in [4.69, 9.17) is 4.74 Å². The van der Waals surface area contributed by atoms with Gasteiger partial charge in [0.1, 0.15) is 5.56 Å². The van der Waals surface area contributed by atoms with Crippen LogP contribution >= 0.6 is 0 Å². The molecule has 5 rings (SSSR count). The standard InChI is InChI=1S/C20H22F2N6O2/c21-18(22)17-16(9-28(26-17)13-4-2-1-3-5-13)25-20(29)14-8-23-27-7-6-15(24-19(14)27)12-10-30-11-12/h6-9,12-13,18H,1-5,10-11H2,(H,25,29). The SMILES string of the molecule is O=C(Nc1cn(C2CCCCC2)nc1C(F)F)c1cnn2ccc(C3COC3)nc12. The lowest BCUT2D eigenvalue weighted by molar-refractivity contribution is 0.00677. The highest BCUT2D eigenvalue weighted by Gasteiger charge is 2.26. The molecule has 1 N–H and O–H groups in total. The molecule has 2 aliphatic rings. The van der Waals surface area contributed by atoms with Crippen LogP contribution in [0.3, 0.4) is 0 Å². The van der Waals surface area contributed by atoms with Gasteiger partial charge in [0.15, 0.2) is 11.3 Å². The third-order valence-corrected chi connectivity index (χ3v) is 5.86. The van der Waals surface area contributed by atoms with Crippen molar-refractivity contribution >= 4 is 17.2 Å².